The third-order valence-electron chi connectivity index (χ3n) is 2.75. The van der Waals surface area contributed by atoms with Crippen LogP contribution in [-0.4, -0.2) is 24.5 Å². The molecular formula is C11H25N. The van der Waals surface area contributed by atoms with Crippen molar-refractivity contribution < 1.29 is 0 Å². The highest BCUT2D eigenvalue weighted by Gasteiger charge is 2.29. The predicted molar refractivity (Wildman–Crippen MR) is 56.5 cm³/mol. The van der Waals surface area contributed by atoms with Crippen LogP contribution in [0.15, 0.2) is 0 Å². The van der Waals surface area contributed by atoms with Crippen LogP contribution in [0.1, 0.15) is 47.5 Å². The molecule has 0 aliphatic carbocycles. The second kappa shape index (κ2) is 3.78. The fourth-order valence-corrected chi connectivity index (χ4v) is 1.74. The Morgan fingerprint density at radius 3 is 1.50 bits per heavy atom. The summed E-state index contributed by atoms with van der Waals surface area (Å²) in [5, 5.41) is 0. The van der Waals surface area contributed by atoms with Crippen LogP contribution in [0, 0.1) is 5.41 Å². The van der Waals surface area contributed by atoms with Gasteiger partial charge in [-0.05, 0) is 39.3 Å². The number of hydrogen-bond acceptors (Lipinski definition) is 1. The van der Waals surface area contributed by atoms with E-state index in [1.165, 1.54) is 12.8 Å². The lowest BCUT2D eigenvalue weighted by Crippen LogP contribution is -2.43. The molecule has 0 radical (unpaired) electrons. The van der Waals surface area contributed by atoms with Gasteiger partial charge in [0.1, 0.15) is 0 Å². The van der Waals surface area contributed by atoms with E-state index in [1.807, 2.05) is 0 Å². The second-order valence-corrected chi connectivity index (χ2v) is 5.48. The van der Waals surface area contributed by atoms with Gasteiger partial charge < -0.3 is 4.90 Å². The normalized spacial score (nSPS) is 18.0. The van der Waals surface area contributed by atoms with Crippen molar-refractivity contribution in [2.75, 3.05) is 14.1 Å². The smallest absolute Gasteiger partial charge is 0.0177 e. The van der Waals surface area contributed by atoms with Crippen LogP contribution >= 0.6 is 0 Å². The van der Waals surface area contributed by atoms with Crippen molar-refractivity contribution in [3.63, 3.8) is 0 Å². The van der Waals surface area contributed by atoms with Crippen molar-refractivity contribution in [1.29, 1.82) is 0 Å². The highest BCUT2D eigenvalue weighted by atomic mass is 15.1. The van der Waals surface area contributed by atoms with Gasteiger partial charge >= 0.3 is 0 Å². The first-order valence-electron chi connectivity index (χ1n) is 4.89. The number of rotatable bonds is 3. The minimum atomic E-state index is 0.359. The quantitative estimate of drug-likeness (QED) is 0.630. The standard InChI is InChI=1S/C11H25N/c1-8-11(5,12(6)7)9-10(2,3)4/h8-9H2,1-7H3. The molecule has 0 spiro atoms. The molecule has 0 saturated carbocycles. The molecule has 0 N–H and O–H groups in total. The monoisotopic (exact) mass is 171 g/mol. The van der Waals surface area contributed by atoms with Gasteiger partial charge in [0.15, 0.2) is 0 Å². The molecule has 0 aromatic heterocycles. The van der Waals surface area contributed by atoms with E-state index in [0.29, 0.717) is 11.0 Å². The van der Waals surface area contributed by atoms with Gasteiger partial charge in [0.05, 0.1) is 0 Å². The average molecular weight is 171 g/mol. The summed E-state index contributed by atoms with van der Waals surface area (Å²) in [6.07, 6.45) is 2.47. The zero-order valence-electron chi connectivity index (χ0n) is 9.86. The highest BCUT2D eigenvalue weighted by molar-refractivity contribution is 4.85. The Balaban J connectivity index is 4.35. The van der Waals surface area contributed by atoms with Crippen LogP contribution in [0.25, 0.3) is 0 Å². The first-order chi connectivity index (χ1) is 5.21. The molecule has 1 nitrogen and oxygen atoms in total. The Bertz CT molecular complexity index is 132. The van der Waals surface area contributed by atoms with Crippen LogP contribution in [-0.2, 0) is 0 Å². The fourth-order valence-electron chi connectivity index (χ4n) is 1.74. The molecule has 0 bridgehead atoms. The van der Waals surface area contributed by atoms with Gasteiger partial charge in [-0.3, -0.25) is 0 Å². The van der Waals surface area contributed by atoms with Gasteiger partial charge in [-0.15, -0.1) is 0 Å². The summed E-state index contributed by atoms with van der Waals surface area (Å²) in [5.74, 6) is 0. The fraction of sp³-hybridized carbons (Fsp3) is 1.00. The molecule has 0 saturated heterocycles. The lowest BCUT2D eigenvalue weighted by molar-refractivity contribution is 0.107. The van der Waals surface area contributed by atoms with Crippen LogP contribution in [0.5, 0.6) is 0 Å². The van der Waals surface area contributed by atoms with Crippen LogP contribution in [0.4, 0.5) is 0 Å². The van der Waals surface area contributed by atoms with Crippen molar-refractivity contribution in [3.05, 3.63) is 0 Å². The maximum absolute atomic E-state index is 2.35. The van der Waals surface area contributed by atoms with Crippen molar-refractivity contribution in [2.24, 2.45) is 5.41 Å². The molecule has 1 unspecified atom stereocenters. The average Bonchev–Trinajstić information content (AvgIpc) is 1.83. The largest absolute Gasteiger partial charge is 0.304 e. The lowest BCUT2D eigenvalue weighted by atomic mass is 9.79. The number of hydrogen-bond donors (Lipinski definition) is 0. The maximum Gasteiger partial charge on any atom is 0.0177 e. The van der Waals surface area contributed by atoms with Gasteiger partial charge in [0, 0.05) is 5.54 Å². The summed E-state index contributed by atoms with van der Waals surface area (Å²) in [4.78, 5) is 2.35. The van der Waals surface area contributed by atoms with Crippen molar-refractivity contribution in [3.8, 4) is 0 Å². The van der Waals surface area contributed by atoms with E-state index in [9.17, 15) is 0 Å². The van der Waals surface area contributed by atoms with Gasteiger partial charge in [-0.1, -0.05) is 27.7 Å². The molecule has 0 rings (SSSR count). The first-order valence-corrected chi connectivity index (χ1v) is 4.89. The second-order valence-electron chi connectivity index (χ2n) is 5.48. The van der Waals surface area contributed by atoms with E-state index in [-0.39, 0.29) is 0 Å². The van der Waals surface area contributed by atoms with Gasteiger partial charge in [0.2, 0.25) is 0 Å². The highest BCUT2D eigenvalue weighted by Crippen LogP contribution is 2.32. The molecule has 0 amide bonds. The molecule has 0 aromatic carbocycles. The molecular weight excluding hydrogens is 146 g/mol. The molecule has 1 atom stereocenters. The maximum atomic E-state index is 2.35. The molecule has 0 aliphatic rings. The van der Waals surface area contributed by atoms with Gasteiger partial charge in [-0.25, -0.2) is 0 Å². The predicted octanol–water partition coefficient (Wildman–Crippen LogP) is 3.15. The summed E-state index contributed by atoms with van der Waals surface area (Å²) >= 11 is 0. The lowest BCUT2D eigenvalue weighted by Gasteiger charge is -2.40. The Morgan fingerprint density at radius 1 is 1.00 bits per heavy atom. The van der Waals surface area contributed by atoms with E-state index >= 15 is 0 Å². The minimum Gasteiger partial charge on any atom is -0.304 e. The van der Waals surface area contributed by atoms with Crippen LogP contribution in [0.3, 0.4) is 0 Å². The first kappa shape index (κ1) is 12.0. The summed E-state index contributed by atoms with van der Waals surface area (Å²) in [6, 6.07) is 0. The van der Waals surface area contributed by atoms with Gasteiger partial charge in [-0.2, -0.15) is 0 Å². The Labute approximate surface area is 78.1 Å². The van der Waals surface area contributed by atoms with E-state index in [4.69, 9.17) is 0 Å². The molecule has 0 heterocycles. The van der Waals surface area contributed by atoms with Crippen LogP contribution in [0.2, 0.25) is 0 Å². The Hall–Kier alpha value is -0.0400. The van der Waals surface area contributed by atoms with Crippen molar-refractivity contribution in [1.82, 2.24) is 4.90 Å². The van der Waals surface area contributed by atoms with Crippen LogP contribution < -0.4 is 0 Å². The van der Waals surface area contributed by atoms with Crippen molar-refractivity contribution in [2.45, 2.75) is 53.0 Å². The third kappa shape index (κ3) is 3.57. The molecule has 0 fully saturated rings. The molecule has 0 aliphatic heterocycles. The summed E-state index contributed by atoms with van der Waals surface area (Å²) in [7, 11) is 4.35. The summed E-state index contributed by atoms with van der Waals surface area (Å²) in [6.45, 7) is 11.5. The van der Waals surface area contributed by atoms with E-state index < -0.39 is 0 Å². The summed E-state index contributed by atoms with van der Waals surface area (Å²) in [5.41, 5.74) is 0.785. The minimum absolute atomic E-state index is 0.359. The Morgan fingerprint density at radius 2 is 1.42 bits per heavy atom. The Kier molecular flexibility index (Phi) is 3.77. The number of nitrogens with zero attached hydrogens (tertiary/aromatic N) is 1. The summed E-state index contributed by atoms with van der Waals surface area (Å²) < 4.78 is 0. The molecule has 12 heavy (non-hydrogen) atoms. The van der Waals surface area contributed by atoms with Crippen molar-refractivity contribution >= 4 is 0 Å². The van der Waals surface area contributed by atoms with E-state index in [0.717, 1.165) is 0 Å². The zero-order valence-corrected chi connectivity index (χ0v) is 9.86. The SMILES string of the molecule is CCC(C)(CC(C)(C)C)N(C)C. The van der Waals surface area contributed by atoms with E-state index in [1.54, 1.807) is 0 Å². The third-order valence-corrected chi connectivity index (χ3v) is 2.75. The molecule has 1 heteroatoms. The van der Waals surface area contributed by atoms with E-state index in [2.05, 4.69) is 53.6 Å². The zero-order chi connectivity index (χ0) is 9.99. The topological polar surface area (TPSA) is 3.24 Å². The molecule has 0 aromatic rings. The van der Waals surface area contributed by atoms with Gasteiger partial charge in [0.25, 0.3) is 0 Å². The molecule has 74 valence electrons.